The summed E-state index contributed by atoms with van der Waals surface area (Å²) < 4.78 is 14.9. The smallest absolute Gasteiger partial charge is 0.244 e. The van der Waals surface area contributed by atoms with Crippen LogP contribution in [0.5, 0.6) is 0 Å². The second kappa shape index (κ2) is 8.44. The molecule has 0 saturated carbocycles. The van der Waals surface area contributed by atoms with Crippen molar-refractivity contribution in [3.8, 4) is 11.3 Å². The van der Waals surface area contributed by atoms with E-state index in [4.69, 9.17) is 0 Å². The van der Waals surface area contributed by atoms with Crippen molar-refractivity contribution in [1.82, 2.24) is 25.0 Å². The molecule has 154 valence electrons. The Morgan fingerprint density at radius 2 is 1.83 bits per heavy atom. The second-order valence-corrected chi connectivity index (χ2v) is 7.41. The zero-order valence-electron chi connectivity index (χ0n) is 16.6. The molecule has 1 aliphatic heterocycles. The number of likely N-dealkylation sites (tertiary alicyclic amines) is 1. The fourth-order valence-electron chi connectivity index (χ4n) is 3.50. The van der Waals surface area contributed by atoms with E-state index < -0.39 is 0 Å². The predicted octanol–water partition coefficient (Wildman–Crippen LogP) is 2.02. The number of carbonyl (C=O) groups is 2. The van der Waals surface area contributed by atoms with Crippen LogP contribution in [0.25, 0.3) is 11.3 Å². The number of halogens is 1. The van der Waals surface area contributed by atoms with Gasteiger partial charge < -0.3 is 10.2 Å². The maximum Gasteiger partial charge on any atom is 0.244 e. The number of hydrogen-bond acceptors (Lipinski definition) is 4. The molecule has 1 aliphatic rings. The van der Waals surface area contributed by atoms with Gasteiger partial charge in [-0.15, -0.1) is 0 Å². The van der Waals surface area contributed by atoms with E-state index >= 15 is 0 Å². The Morgan fingerprint density at radius 1 is 1.13 bits per heavy atom. The average molecular weight is 407 g/mol. The molecular weight excluding hydrogens is 385 g/mol. The Bertz CT molecular complexity index is 1040. The van der Waals surface area contributed by atoms with Gasteiger partial charge >= 0.3 is 0 Å². The number of nitrogens with one attached hydrogen (secondary N) is 1. The lowest BCUT2D eigenvalue weighted by molar-refractivity contribution is -0.138. The van der Waals surface area contributed by atoms with Crippen LogP contribution in [0.3, 0.4) is 0 Å². The van der Waals surface area contributed by atoms with Gasteiger partial charge in [-0.25, -0.2) is 4.39 Å². The molecule has 1 N–H and O–H groups in total. The van der Waals surface area contributed by atoms with Gasteiger partial charge in [0.15, 0.2) is 0 Å². The summed E-state index contributed by atoms with van der Waals surface area (Å²) in [5, 5.41) is 7.45. The van der Waals surface area contributed by atoms with E-state index in [1.54, 1.807) is 34.1 Å². The normalized spacial score (nSPS) is 13.7. The van der Waals surface area contributed by atoms with E-state index in [1.807, 2.05) is 18.2 Å². The van der Waals surface area contributed by atoms with Crippen LogP contribution in [-0.4, -0.2) is 50.6 Å². The van der Waals surface area contributed by atoms with Gasteiger partial charge in [0.1, 0.15) is 12.4 Å². The van der Waals surface area contributed by atoms with Crippen molar-refractivity contribution >= 4 is 11.8 Å². The summed E-state index contributed by atoms with van der Waals surface area (Å²) in [6, 6.07) is 12.0. The van der Waals surface area contributed by atoms with Crippen molar-refractivity contribution in [2.75, 3.05) is 13.1 Å². The number of aromatic nitrogens is 3. The lowest BCUT2D eigenvalue weighted by atomic mass is 10.1. The zero-order valence-corrected chi connectivity index (χ0v) is 16.6. The largest absolute Gasteiger partial charge is 0.350 e. The minimum Gasteiger partial charge on any atom is -0.350 e. The molecule has 0 spiro atoms. The summed E-state index contributed by atoms with van der Waals surface area (Å²) in [6.45, 7) is 2.58. The highest BCUT2D eigenvalue weighted by Gasteiger charge is 2.31. The maximum atomic E-state index is 13.2. The molecule has 0 unspecified atom stereocenters. The first-order valence-electron chi connectivity index (χ1n) is 9.74. The fourth-order valence-corrected chi connectivity index (χ4v) is 3.50. The number of amides is 2. The fraction of sp³-hybridized carbons (Fsp3) is 0.273. The third kappa shape index (κ3) is 4.53. The van der Waals surface area contributed by atoms with E-state index in [0.717, 1.165) is 22.5 Å². The SMILES string of the molecule is CC(=O)NC1CN(C(=O)Cn2nc(-c3ccncc3)cc2Cc2ccc(F)cc2)C1. The van der Waals surface area contributed by atoms with Gasteiger partial charge in [-0.1, -0.05) is 12.1 Å². The van der Waals surface area contributed by atoms with Crippen LogP contribution in [0.15, 0.2) is 54.9 Å². The molecule has 2 amide bonds. The Balaban J connectivity index is 1.53. The molecule has 3 heterocycles. The Kier molecular flexibility index (Phi) is 5.56. The summed E-state index contributed by atoms with van der Waals surface area (Å²) in [7, 11) is 0. The lowest BCUT2D eigenvalue weighted by Gasteiger charge is -2.39. The van der Waals surface area contributed by atoms with Crippen molar-refractivity contribution in [3.05, 3.63) is 71.9 Å². The topological polar surface area (TPSA) is 80.1 Å². The van der Waals surface area contributed by atoms with Gasteiger partial charge in [-0.2, -0.15) is 5.10 Å². The number of rotatable bonds is 6. The van der Waals surface area contributed by atoms with Crippen molar-refractivity contribution < 1.29 is 14.0 Å². The van der Waals surface area contributed by atoms with Crippen LogP contribution in [0.2, 0.25) is 0 Å². The Labute approximate surface area is 173 Å². The molecule has 1 fully saturated rings. The standard InChI is InChI=1S/C22H22FN5O2/c1-15(29)25-19-12-27(13-19)22(30)14-28-20(10-16-2-4-18(23)5-3-16)11-21(26-28)17-6-8-24-9-7-17/h2-9,11,19H,10,12-14H2,1H3,(H,25,29). The first-order valence-corrected chi connectivity index (χ1v) is 9.74. The minimum atomic E-state index is -0.286. The first kappa shape index (κ1) is 19.8. The molecule has 7 nitrogen and oxygen atoms in total. The average Bonchev–Trinajstić information content (AvgIpc) is 3.09. The number of hydrogen-bond donors (Lipinski definition) is 1. The summed E-state index contributed by atoms with van der Waals surface area (Å²) in [5.74, 6) is -0.435. The summed E-state index contributed by atoms with van der Waals surface area (Å²) in [5.41, 5.74) is 3.45. The van der Waals surface area contributed by atoms with E-state index in [2.05, 4.69) is 15.4 Å². The third-order valence-electron chi connectivity index (χ3n) is 5.06. The van der Waals surface area contributed by atoms with E-state index in [9.17, 15) is 14.0 Å². The highest BCUT2D eigenvalue weighted by atomic mass is 19.1. The molecule has 3 aromatic rings. The molecule has 2 aromatic heterocycles. The van der Waals surface area contributed by atoms with Crippen molar-refractivity contribution in [2.24, 2.45) is 0 Å². The van der Waals surface area contributed by atoms with Crippen LogP contribution in [0.4, 0.5) is 4.39 Å². The van der Waals surface area contributed by atoms with Gasteiger partial charge in [0.05, 0.1) is 11.7 Å². The Hall–Kier alpha value is -3.55. The summed E-state index contributed by atoms with van der Waals surface area (Å²) in [6.07, 6.45) is 3.92. The number of nitrogens with zero attached hydrogens (tertiary/aromatic N) is 4. The summed E-state index contributed by atoms with van der Waals surface area (Å²) >= 11 is 0. The zero-order chi connectivity index (χ0) is 21.1. The quantitative estimate of drug-likeness (QED) is 0.678. The highest BCUT2D eigenvalue weighted by molar-refractivity contribution is 5.78. The van der Waals surface area contributed by atoms with Crippen LogP contribution >= 0.6 is 0 Å². The maximum absolute atomic E-state index is 13.2. The molecule has 8 heteroatoms. The number of pyridine rings is 1. The molecule has 30 heavy (non-hydrogen) atoms. The highest BCUT2D eigenvalue weighted by Crippen LogP contribution is 2.21. The molecule has 0 aliphatic carbocycles. The van der Waals surface area contributed by atoms with Crippen molar-refractivity contribution in [2.45, 2.75) is 25.9 Å². The van der Waals surface area contributed by atoms with Gasteiger partial charge in [0, 0.05) is 50.1 Å². The van der Waals surface area contributed by atoms with Gasteiger partial charge in [0.25, 0.3) is 0 Å². The van der Waals surface area contributed by atoms with Crippen LogP contribution in [0, 0.1) is 5.82 Å². The van der Waals surface area contributed by atoms with E-state index in [0.29, 0.717) is 19.5 Å². The van der Waals surface area contributed by atoms with Crippen LogP contribution in [-0.2, 0) is 22.6 Å². The van der Waals surface area contributed by atoms with Gasteiger partial charge in [-0.05, 0) is 35.9 Å². The third-order valence-corrected chi connectivity index (χ3v) is 5.06. The van der Waals surface area contributed by atoms with Crippen molar-refractivity contribution in [1.29, 1.82) is 0 Å². The van der Waals surface area contributed by atoms with E-state index in [1.165, 1.54) is 19.1 Å². The molecule has 0 radical (unpaired) electrons. The number of carbonyl (C=O) groups excluding carboxylic acids is 2. The van der Waals surface area contributed by atoms with Crippen molar-refractivity contribution in [3.63, 3.8) is 0 Å². The van der Waals surface area contributed by atoms with Crippen LogP contribution < -0.4 is 5.32 Å². The first-order chi connectivity index (χ1) is 14.5. The lowest BCUT2D eigenvalue weighted by Crippen LogP contribution is -2.61. The molecule has 0 atom stereocenters. The molecule has 1 aromatic carbocycles. The molecule has 0 bridgehead atoms. The molecular formula is C22H22FN5O2. The van der Waals surface area contributed by atoms with Gasteiger partial charge in [0.2, 0.25) is 11.8 Å². The number of benzene rings is 1. The van der Waals surface area contributed by atoms with Gasteiger partial charge in [-0.3, -0.25) is 19.3 Å². The second-order valence-electron chi connectivity index (χ2n) is 7.41. The summed E-state index contributed by atoms with van der Waals surface area (Å²) in [4.78, 5) is 29.6. The Morgan fingerprint density at radius 3 is 2.50 bits per heavy atom. The monoisotopic (exact) mass is 407 g/mol. The predicted molar refractivity (Wildman–Crippen MR) is 109 cm³/mol. The van der Waals surface area contributed by atoms with E-state index in [-0.39, 0.29) is 30.2 Å². The van der Waals surface area contributed by atoms with Crippen LogP contribution in [0.1, 0.15) is 18.2 Å². The minimum absolute atomic E-state index is 0.00939. The molecule has 4 rings (SSSR count). The molecule has 1 saturated heterocycles.